The zero-order valence-corrected chi connectivity index (χ0v) is 30.8. The zero-order chi connectivity index (χ0) is 37.3. The van der Waals surface area contributed by atoms with Crippen LogP contribution in [-0.2, 0) is 5.41 Å². The van der Waals surface area contributed by atoms with E-state index in [1.807, 2.05) is 36.4 Å². The summed E-state index contributed by atoms with van der Waals surface area (Å²) in [6.45, 7) is 9.01. The van der Waals surface area contributed by atoms with Crippen molar-refractivity contribution < 1.29 is 8.83 Å². The third-order valence-corrected chi connectivity index (χ3v) is 12.0. The number of aromatic nitrogens is 3. The maximum atomic E-state index is 6.82. The van der Waals surface area contributed by atoms with E-state index in [-0.39, 0.29) is 5.41 Å². The number of para-hydroxylation sites is 3. The lowest BCUT2D eigenvalue weighted by Gasteiger charge is -2.23. The average Bonchev–Trinajstić information content (AvgIpc) is 3.96. The molecule has 0 saturated heterocycles. The van der Waals surface area contributed by atoms with E-state index in [2.05, 4.69) is 140 Å². The molecular weight excluding hydrogens is 687 g/mol. The highest BCUT2D eigenvalue weighted by molar-refractivity contribution is 6.17. The van der Waals surface area contributed by atoms with Gasteiger partial charge in [0.25, 0.3) is 0 Å². The molecule has 0 amide bonds. The van der Waals surface area contributed by atoms with E-state index in [4.69, 9.17) is 18.8 Å². The molecule has 5 nitrogen and oxygen atoms in total. The Kier molecular flexibility index (Phi) is 6.20. The molecule has 0 fully saturated rings. The quantitative estimate of drug-likeness (QED) is 0.182. The van der Waals surface area contributed by atoms with Gasteiger partial charge in [-0.15, -0.1) is 0 Å². The predicted octanol–water partition coefficient (Wildman–Crippen LogP) is 13.7. The molecule has 264 valence electrons. The smallest absolute Gasteiger partial charge is 0.235 e. The van der Waals surface area contributed by atoms with Crippen molar-refractivity contribution in [3.63, 3.8) is 0 Å². The Morgan fingerprint density at radius 3 is 2.12 bits per heavy atom. The van der Waals surface area contributed by atoms with Gasteiger partial charge in [0.1, 0.15) is 22.3 Å². The van der Waals surface area contributed by atoms with Crippen LogP contribution in [-0.4, -0.2) is 14.5 Å². The first kappa shape index (κ1) is 31.1. The second-order valence-corrected chi connectivity index (χ2v) is 15.3. The van der Waals surface area contributed by atoms with Crippen LogP contribution in [0.2, 0.25) is 0 Å². The lowest BCUT2D eigenvalue weighted by molar-refractivity contribution is 0.656. The molecule has 0 bridgehead atoms. The highest BCUT2D eigenvalue weighted by atomic mass is 16.3. The summed E-state index contributed by atoms with van der Waals surface area (Å²) in [5.41, 5.74) is 14.5. The molecule has 12 rings (SSSR count). The van der Waals surface area contributed by atoms with E-state index in [9.17, 15) is 0 Å². The zero-order valence-electron chi connectivity index (χ0n) is 30.8. The SMILES string of the molecule is C=Cc1c(-c2ccccc2)nc(-n2c3ccccc3c3ccc4c(c32)C(C)(C)c2ccccc2-4)nc1-c1cccc2c1oc1cc3oc4ccccc4c3cc12. The number of fused-ring (bicyclic) bond motifs is 13. The van der Waals surface area contributed by atoms with Gasteiger partial charge in [0, 0.05) is 60.5 Å². The Hall–Kier alpha value is -7.24. The molecule has 0 atom stereocenters. The third kappa shape index (κ3) is 4.09. The van der Waals surface area contributed by atoms with Crippen molar-refractivity contribution in [2.24, 2.45) is 0 Å². The molecule has 0 spiro atoms. The third-order valence-electron chi connectivity index (χ3n) is 12.0. The summed E-state index contributed by atoms with van der Waals surface area (Å²) in [6.07, 6.45) is 1.88. The molecule has 0 unspecified atom stereocenters. The molecule has 5 heteroatoms. The molecule has 0 radical (unpaired) electrons. The van der Waals surface area contributed by atoms with Gasteiger partial charge in [0.15, 0.2) is 0 Å². The second-order valence-electron chi connectivity index (χ2n) is 15.3. The molecule has 0 aliphatic heterocycles. The van der Waals surface area contributed by atoms with Crippen molar-refractivity contribution in [2.75, 3.05) is 0 Å². The van der Waals surface area contributed by atoms with E-state index in [0.29, 0.717) is 5.95 Å². The van der Waals surface area contributed by atoms with E-state index in [0.717, 1.165) is 88.4 Å². The number of rotatable bonds is 4. The number of hydrogen-bond acceptors (Lipinski definition) is 4. The van der Waals surface area contributed by atoms with Gasteiger partial charge < -0.3 is 8.83 Å². The molecule has 0 saturated carbocycles. The summed E-state index contributed by atoms with van der Waals surface area (Å²) in [5.74, 6) is 0.591. The number of nitrogens with zero attached hydrogens (tertiary/aromatic N) is 3. The normalized spacial score (nSPS) is 13.4. The van der Waals surface area contributed by atoms with Crippen LogP contribution < -0.4 is 0 Å². The van der Waals surface area contributed by atoms with E-state index >= 15 is 0 Å². The van der Waals surface area contributed by atoms with E-state index in [1.165, 1.54) is 27.6 Å². The van der Waals surface area contributed by atoms with Gasteiger partial charge in [0.05, 0.1) is 22.4 Å². The van der Waals surface area contributed by atoms with Crippen molar-refractivity contribution in [1.29, 1.82) is 0 Å². The van der Waals surface area contributed by atoms with Crippen LogP contribution >= 0.6 is 0 Å². The van der Waals surface area contributed by atoms with Crippen LogP contribution in [0, 0.1) is 0 Å². The summed E-state index contributed by atoms with van der Waals surface area (Å²) in [7, 11) is 0. The summed E-state index contributed by atoms with van der Waals surface area (Å²) < 4.78 is 15.4. The van der Waals surface area contributed by atoms with Crippen molar-refractivity contribution in [2.45, 2.75) is 19.3 Å². The minimum absolute atomic E-state index is 0.256. The van der Waals surface area contributed by atoms with Crippen LogP contribution in [0.1, 0.15) is 30.5 Å². The average molecular weight is 720 g/mol. The molecular formula is C51H33N3O2. The minimum atomic E-state index is -0.256. The van der Waals surface area contributed by atoms with Crippen molar-refractivity contribution in [3.05, 3.63) is 169 Å². The highest BCUT2D eigenvalue weighted by Crippen LogP contribution is 2.53. The Labute approximate surface area is 321 Å². The lowest BCUT2D eigenvalue weighted by Crippen LogP contribution is -2.17. The maximum absolute atomic E-state index is 6.82. The van der Waals surface area contributed by atoms with Crippen molar-refractivity contribution in [3.8, 4) is 39.6 Å². The van der Waals surface area contributed by atoms with Crippen LogP contribution in [0.4, 0.5) is 0 Å². The van der Waals surface area contributed by atoms with Gasteiger partial charge in [-0.2, -0.15) is 0 Å². The van der Waals surface area contributed by atoms with Gasteiger partial charge in [-0.1, -0.05) is 142 Å². The molecule has 7 aromatic carbocycles. The largest absolute Gasteiger partial charge is 0.456 e. The van der Waals surface area contributed by atoms with Crippen LogP contribution in [0.5, 0.6) is 0 Å². The Morgan fingerprint density at radius 1 is 0.554 bits per heavy atom. The van der Waals surface area contributed by atoms with Crippen molar-refractivity contribution in [1.82, 2.24) is 14.5 Å². The first-order valence-corrected chi connectivity index (χ1v) is 19.0. The summed E-state index contributed by atoms with van der Waals surface area (Å²) >= 11 is 0. The Morgan fingerprint density at radius 2 is 1.25 bits per heavy atom. The summed E-state index contributed by atoms with van der Waals surface area (Å²) in [4.78, 5) is 11.1. The molecule has 0 N–H and O–H groups in total. The number of furan rings is 2. The van der Waals surface area contributed by atoms with Crippen LogP contribution in [0.25, 0.3) is 111 Å². The van der Waals surface area contributed by atoms with E-state index in [1.54, 1.807) is 0 Å². The van der Waals surface area contributed by atoms with Gasteiger partial charge in [-0.05, 0) is 46.5 Å². The predicted molar refractivity (Wildman–Crippen MR) is 229 cm³/mol. The fraction of sp³-hybridized carbons (Fsp3) is 0.0588. The van der Waals surface area contributed by atoms with Gasteiger partial charge in [-0.25, -0.2) is 9.97 Å². The fourth-order valence-corrected chi connectivity index (χ4v) is 9.50. The Bertz CT molecular complexity index is 3470. The van der Waals surface area contributed by atoms with Crippen LogP contribution in [0.15, 0.2) is 161 Å². The van der Waals surface area contributed by atoms with Crippen LogP contribution in [0.3, 0.4) is 0 Å². The molecule has 11 aromatic rings. The standard InChI is InChI=1S/C51H33N3O2/c1-4-30-46(29-15-6-5-7-16-29)52-50(54-41-23-12-9-18-32(41)35-26-25-34-31-17-8-11-22-40(31)51(2,3)45(34)48(35)54)53-47(30)37-21-14-20-36-39-27-38-33-19-10-13-24-42(33)55-43(38)28-44(39)56-49(36)37/h4-28H,1H2,2-3H3. The summed E-state index contributed by atoms with van der Waals surface area (Å²) in [6, 6.07) is 51.0. The molecule has 56 heavy (non-hydrogen) atoms. The molecule has 1 aliphatic rings. The molecule has 1 aliphatic carbocycles. The number of hydrogen-bond donors (Lipinski definition) is 0. The topological polar surface area (TPSA) is 57.0 Å². The van der Waals surface area contributed by atoms with Crippen molar-refractivity contribution >= 4 is 71.8 Å². The van der Waals surface area contributed by atoms with Gasteiger partial charge in [0.2, 0.25) is 5.95 Å². The monoisotopic (exact) mass is 719 g/mol. The minimum Gasteiger partial charge on any atom is -0.456 e. The first-order valence-electron chi connectivity index (χ1n) is 19.0. The Balaban J connectivity index is 1.19. The van der Waals surface area contributed by atoms with Gasteiger partial charge >= 0.3 is 0 Å². The first-order chi connectivity index (χ1) is 27.5. The highest BCUT2D eigenvalue weighted by Gasteiger charge is 2.38. The second kappa shape index (κ2) is 11.2. The number of benzene rings is 7. The molecule has 4 heterocycles. The summed E-state index contributed by atoms with van der Waals surface area (Å²) in [5, 5.41) is 6.52. The fourth-order valence-electron chi connectivity index (χ4n) is 9.50. The maximum Gasteiger partial charge on any atom is 0.235 e. The van der Waals surface area contributed by atoms with Gasteiger partial charge in [-0.3, -0.25) is 4.57 Å². The van der Waals surface area contributed by atoms with E-state index < -0.39 is 0 Å². The molecule has 4 aromatic heterocycles. The lowest BCUT2D eigenvalue weighted by atomic mass is 9.81.